The van der Waals surface area contributed by atoms with E-state index in [0.717, 1.165) is 11.1 Å². The average molecular weight is 492 g/mol. The van der Waals surface area contributed by atoms with E-state index in [1.807, 2.05) is 42.6 Å². The third kappa shape index (κ3) is 6.38. The molecule has 0 aliphatic rings. The number of rotatable bonds is 8. The minimum Gasteiger partial charge on any atom is -0.478 e. The number of hydrogen-bond acceptors (Lipinski definition) is 3. The van der Waals surface area contributed by atoms with Gasteiger partial charge in [-0.1, -0.05) is 59.9 Å². The monoisotopic (exact) mass is 490 g/mol. The Labute approximate surface area is 203 Å². The lowest BCUT2D eigenvalue weighted by Gasteiger charge is -2.29. The van der Waals surface area contributed by atoms with E-state index >= 15 is 0 Å². The van der Waals surface area contributed by atoms with Gasteiger partial charge in [-0.3, -0.25) is 9.78 Å². The highest BCUT2D eigenvalue weighted by Gasteiger charge is 2.31. The highest BCUT2D eigenvalue weighted by atomic mass is 35.5. The van der Waals surface area contributed by atoms with Crippen molar-refractivity contribution in [3.8, 4) is 5.75 Å². The summed E-state index contributed by atoms with van der Waals surface area (Å²) in [5.74, 6) is 0.310. The van der Waals surface area contributed by atoms with Crippen LogP contribution in [0.1, 0.15) is 43.7 Å². The topological polar surface area (TPSA) is 51.2 Å². The van der Waals surface area contributed by atoms with E-state index < -0.39 is 5.60 Å². The second-order valence-corrected chi connectivity index (χ2v) is 9.47. The minimum absolute atomic E-state index is 0.00485. The van der Waals surface area contributed by atoms with Crippen LogP contribution in [0.3, 0.4) is 0 Å². The summed E-state index contributed by atoms with van der Waals surface area (Å²) < 4.78 is 5.91. The van der Waals surface area contributed by atoms with Crippen molar-refractivity contribution < 1.29 is 9.53 Å². The summed E-state index contributed by atoms with van der Waals surface area (Å²) in [6.45, 7) is 5.96. The van der Waals surface area contributed by atoms with Crippen LogP contribution in [0.5, 0.6) is 5.75 Å². The van der Waals surface area contributed by atoms with Gasteiger partial charge in [0.15, 0.2) is 5.60 Å². The van der Waals surface area contributed by atoms with Gasteiger partial charge in [0, 0.05) is 39.9 Å². The molecule has 3 aromatic rings. The number of nitrogens with one attached hydrogen (secondary N) is 1. The molecule has 3 rings (SSSR count). The Balaban J connectivity index is 1.76. The second-order valence-electron chi connectivity index (χ2n) is 8.16. The summed E-state index contributed by atoms with van der Waals surface area (Å²) in [6, 6.07) is 16.5. The van der Waals surface area contributed by atoms with Crippen molar-refractivity contribution in [2.24, 2.45) is 0 Å². The lowest BCUT2D eigenvalue weighted by molar-refractivity contribution is -0.134. The quantitative estimate of drug-likeness (QED) is 0.373. The van der Waals surface area contributed by atoms with Gasteiger partial charge in [0.2, 0.25) is 0 Å². The van der Waals surface area contributed by atoms with Gasteiger partial charge in [-0.25, -0.2) is 0 Å². The molecule has 1 amide bonds. The van der Waals surface area contributed by atoms with Gasteiger partial charge in [-0.2, -0.15) is 0 Å². The zero-order valence-corrected chi connectivity index (χ0v) is 20.4. The summed E-state index contributed by atoms with van der Waals surface area (Å²) in [4.78, 5) is 17.3. The van der Waals surface area contributed by atoms with Gasteiger partial charge in [0.05, 0.1) is 0 Å². The first kappa shape index (κ1) is 24.4. The molecule has 0 saturated carbocycles. The van der Waals surface area contributed by atoms with E-state index in [-0.39, 0.29) is 17.7 Å². The SMILES string of the molecule is CC(c1ccc(Cl)cc1)C(CNC(=O)C(C)(C)Oc1cc(Cl)cc(Cl)c1)c1cccnc1. The number of carbonyl (C=O) groups is 1. The molecular formula is C25H25Cl3N2O2. The number of carbonyl (C=O) groups excluding carboxylic acids is 1. The van der Waals surface area contributed by atoms with E-state index in [1.165, 1.54) is 0 Å². The molecule has 168 valence electrons. The van der Waals surface area contributed by atoms with Crippen molar-refractivity contribution in [1.29, 1.82) is 0 Å². The molecule has 0 saturated heterocycles. The van der Waals surface area contributed by atoms with Crippen LogP contribution in [0, 0.1) is 0 Å². The number of aromatic nitrogens is 1. The van der Waals surface area contributed by atoms with E-state index in [2.05, 4.69) is 17.2 Å². The number of hydrogen-bond donors (Lipinski definition) is 1. The van der Waals surface area contributed by atoms with E-state index in [4.69, 9.17) is 39.5 Å². The Hall–Kier alpha value is -2.27. The van der Waals surface area contributed by atoms with Gasteiger partial charge in [-0.05, 0) is 67.3 Å². The molecule has 7 heteroatoms. The van der Waals surface area contributed by atoms with Crippen LogP contribution >= 0.6 is 34.8 Å². The first-order valence-corrected chi connectivity index (χ1v) is 11.4. The van der Waals surface area contributed by atoms with Crippen molar-refractivity contribution >= 4 is 40.7 Å². The smallest absolute Gasteiger partial charge is 0.263 e. The number of amides is 1. The molecule has 0 spiro atoms. The van der Waals surface area contributed by atoms with E-state index in [1.54, 1.807) is 38.2 Å². The van der Waals surface area contributed by atoms with Crippen molar-refractivity contribution in [2.75, 3.05) is 6.54 Å². The number of ether oxygens (including phenoxy) is 1. The Bertz CT molecular complexity index is 1040. The summed E-state index contributed by atoms with van der Waals surface area (Å²) in [6.07, 6.45) is 3.57. The van der Waals surface area contributed by atoms with Crippen LogP contribution < -0.4 is 10.1 Å². The maximum Gasteiger partial charge on any atom is 0.263 e. The van der Waals surface area contributed by atoms with Gasteiger partial charge in [0.1, 0.15) is 5.75 Å². The lowest BCUT2D eigenvalue weighted by Crippen LogP contribution is -2.47. The molecule has 0 aliphatic carbocycles. The summed E-state index contributed by atoms with van der Waals surface area (Å²) in [5, 5.41) is 4.62. The van der Waals surface area contributed by atoms with Crippen molar-refractivity contribution in [3.63, 3.8) is 0 Å². The molecule has 1 aromatic heterocycles. The zero-order chi connectivity index (χ0) is 23.3. The van der Waals surface area contributed by atoms with Crippen LogP contribution in [0.25, 0.3) is 0 Å². The number of nitrogens with zero attached hydrogens (tertiary/aromatic N) is 1. The standard InChI is InChI=1S/C25H25Cl3N2O2/c1-16(17-6-8-19(26)9-7-17)23(18-5-4-10-29-14-18)15-30-24(31)25(2,3)32-22-12-20(27)11-21(28)13-22/h4-14,16,23H,15H2,1-3H3,(H,30,31). The fraction of sp³-hybridized carbons (Fsp3) is 0.280. The normalized spacial score (nSPS) is 13.3. The average Bonchev–Trinajstić information content (AvgIpc) is 2.73. The van der Waals surface area contributed by atoms with Crippen LogP contribution in [0.2, 0.25) is 15.1 Å². The maximum atomic E-state index is 13.0. The Morgan fingerprint density at radius 3 is 2.25 bits per heavy atom. The molecule has 2 atom stereocenters. The first-order valence-electron chi connectivity index (χ1n) is 10.2. The molecule has 32 heavy (non-hydrogen) atoms. The largest absolute Gasteiger partial charge is 0.478 e. The molecule has 1 heterocycles. The van der Waals surface area contributed by atoms with Gasteiger partial charge in [0.25, 0.3) is 5.91 Å². The van der Waals surface area contributed by atoms with Crippen LogP contribution in [0.4, 0.5) is 0 Å². The Morgan fingerprint density at radius 2 is 1.66 bits per heavy atom. The molecule has 0 bridgehead atoms. The highest BCUT2D eigenvalue weighted by Crippen LogP contribution is 2.33. The van der Waals surface area contributed by atoms with E-state index in [9.17, 15) is 4.79 Å². The molecule has 2 unspecified atom stereocenters. The van der Waals surface area contributed by atoms with Crippen molar-refractivity contribution in [1.82, 2.24) is 10.3 Å². The molecular weight excluding hydrogens is 467 g/mol. The van der Waals surface area contributed by atoms with Gasteiger partial charge in [-0.15, -0.1) is 0 Å². The summed E-state index contributed by atoms with van der Waals surface area (Å²) >= 11 is 18.2. The molecule has 1 N–H and O–H groups in total. The van der Waals surface area contributed by atoms with Crippen LogP contribution in [-0.2, 0) is 4.79 Å². The number of halogens is 3. The maximum absolute atomic E-state index is 13.0. The summed E-state index contributed by atoms with van der Waals surface area (Å²) in [7, 11) is 0. The van der Waals surface area contributed by atoms with Crippen LogP contribution in [0.15, 0.2) is 67.0 Å². The lowest BCUT2D eigenvalue weighted by atomic mass is 9.83. The predicted molar refractivity (Wildman–Crippen MR) is 131 cm³/mol. The third-order valence-corrected chi connectivity index (χ3v) is 6.04. The molecule has 0 aliphatic heterocycles. The fourth-order valence-corrected chi connectivity index (χ4v) is 4.15. The zero-order valence-electron chi connectivity index (χ0n) is 18.1. The Morgan fingerprint density at radius 1 is 1.00 bits per heavy atom. The van der Waals surface area contributed by atoms with Crippen molar-refractivity contribution in [3.05, 3.63) is 93.2 Å². The van der Waals surface area contributed by atoms with Crippen LogP contribution in [-0.4, -0.2) is 23.0 Å². The van der Waals surface area contributed by atoms with Crippen molar-refractivity contribution in [2.45, 2.75) is 38.2 Å². The van der Waals surface area contributed by atoms with Gasteiger partial charge >= 0.3 is 0 Å². The third-order valence-electron chi connectivity index (χ3n) is 5.35. The van der Waals surface area contributed by atoms with Gasteiger partial charge < -0.3 is 10.1 Å². The Kier molecular flexibility index (Phi) is 8.05. The molecule has 0 fully saturated rings. The summed E-state index contributed by atoms with van der Waals surface area (Å²) in [5.41, 5.74) is 1.04. The highest BCUT2D eigenvalue weighted by molar-refractivity contribution is 6.34. The molecule has 0 radical (unpaired) electrons. The minimum atomic E-state index is -1.13. The second kappa shape index (κ2) is 10.6. The fourth-order valence-electron chi connectivity index (χ4n) is 3.52. The molecule has 4 nitrogen and oxygen atoms in total. The number of pyridine rings is 1. The predicted octanol–water partition coefficient (Wildman–Crippen LogP) is 6.90. The first-order chi connectivity index (χ1) is 15.2. The number of benzene rings is 2. The van der Waals surface area contributed by atoms with E-state index in [0.29, 0.717) is 27.4 Å². The molecule has 2 aromatic carbocycles.